The summed E-state index contributed by atoms with van der Waals surface area (Å²) in [5, 5.41) is -0.119. The lowest BCUT2D eigenvalue weighted by atomic mass is 9.95. The van der Waals surface area contributed by atoms with Crippen molar-refractivity contribution in [2.75, 3.05) is 0 Å². The van der Waals surface area contributed by atoms with E-state index in [1.54, 1.807) is 24.3 Å². The standard InChI is InChI=1S/C14H10ClF3N2S/c15-10-6-9(14(16,17)18)7-20-12(10)11(13(19)21)8-4-2-1-3-5-8/h1-7,11H,(H2,19,21)/t11-/m0/s1. The summed E-state index contributed by atoms with van der Waals surface area (Å²) in [6, 6.07) is 9.72. The number of nitrogens with zero attached hydrogens (tertiary/aromatic N) is 1. The van der Waals surface area contributed by atoms with Crippen LogP contribution in [0.1, 0.15) is 22.7 Å². The van der Waals surface area contributed by atoms with E-state index >= 15 is 0 Å². The predicted octanol–water partition coefficient (Wildman–Crippen LogP) is 4.17. The Balaban J connectivity index is 2.50. The van der Waals surface area contributed by atoms with Crippen LogP contribution in [0.5, 0.6) is 0 Å². The lowest BCUT2D eigenvalue weighted by Gasteiger charge is -2.18. The van der Waals surface area contributed by atoms with Crippen molar-refractivity contribution in [3.8, 4) is 0 Å². The van der Waals surface area contributed by atoms with E-state index in [0.29, 0.717) is 0 Å². The highest BCUT2D eigenvalue weighted by Crippen LogP contribution is 2.34. The van der Waals surface area contributed by atoms with Crippen LogP contribution in [-0.4, -0.2) is 9.97 Å². The largest absolute Gasteiger partial charge is 0.417 e. The zero-order chi connectivity index (χ0) is 15.6. The van der Waals surface area contributed by atoms with Gasteiger partial charge in [-0.05, 0) is 11.6 Å². The Hall–Kier alpha value is -1.66. The van der Waals surface area contributed by atoms with E-state index < -0.39 is 17.7 Å². The minimum absolute atomic E-state index is 0.0929. The van der Waals surface area contributed by atoms with Gasteiger partial charge in [0.05, 0.1) is 27.2 Å². The second-order valence-electron chi connectivity index (χ2n) is 4.33. The molecule has 0 saturated carbocycles. The minimum Gasteiger partial charge on any atom is -0.392 e. The average molecular weight is 331 g/mol. The third-order valence-corrected chi connectivity index (χ3v) is 3.43. The molecule has 0 unspecified atom stereocenters. The maximum Gasteiger partial charge on any atom is 0.417 e. The fourth-order valence-electron chi connectivity index (χ4n) is 1.92. The van der Waals surface area contributed by atoms with Gasteiger partial charge in [-0.3, -0.25) is 4.98 Å². The quantitative estimate of drug-likeness (QED) is 0.858. The van der Waals surface area contributed by atoms with Gasteiger partial charge in [-0.25, -0.2) is 0 Å². The summed E-state index contributed by atoms with van der Waals surface area (Å²) in [5.74, 6) is -0.629. The summed E-state index contributed by atoms with van der Waals surface area (Å²) in [4.78, 5) is 3.92. The monoisotopic (exact) mass is 330 g/mol. The number of halogens is 4. The van der Waals surface area contributed by atoms with Crippen LogP contribution in [0.25, 0.3) is 0 Å². The maximum absolute atomic E-state index is 12.6. The van der Waals surface area contributed by atoms with Gasteiger partial charge in [-0.1, -0.05) is 54.2 Å². The molecular weight excluding hydrogens is 321 g/mol. The van der Waals surface area contributed by atoms with Gasteiger partial charge in [0.1, 0.15) is 0 Å². The molecule has 21 heavy (non-hydrogen) atoms. The molecule has 0 amide bonds. The van der Waals surface area contributed by atoms with Crippen molar-refractivity contribution >= 4 is 28.8 Å². The fraction of sp³-hybridized carbons (Fsp3) is 0.143. The van der Waals surface area contributed by atoms with Crippen molar-refractivity contribution in [3.63, 3.8) is 0 Å². The van der Waals surface area contributed by atoms with Crippen molar-refractivity contribution < 1.29 is 13.2 Å². The number of hydrogen-bond acceptors (Lipinski definition) is 2. The summed E-state index contributed by atoms with van der Waals surface area (Å²) in [6.45, 7) is 0. The summed E-state index contributed by atoms with van der Waals surface area (Å²) >= 11 is 11.0. The number of benzene rings is 1. The van der Waals surface area contributed by atoms with Gasteiger partial charge in [0, 0.05) is 6.20 Å². The molecule has 2 rings (SSSR count). The van der Waals surface area contributed by atoms with E-state index in [-0.39, 0.29) is 15.7 Å². The fourth-order valence-corrected chi connectivity index (χ4v) is 2.44. The molecule has 0 aliphatic heterocycles. The molecule has 0 spiro atoms. The van der Waals surface area contributed by atoms with E-state index in [0.717, 1.165) is 17.8 Å². The van der Waals surface area contributed by atoms with Crippen molar-refractivity contribution in [1.29, 1.82) is 0 Å². The van der Waals surface area contributed by atoms with Crippen LogP contribution in [0.15, 0.2) is 42.6 Å². The van der Waals surface area contributed by atoms with Crippen LogP contribution in [-0.2, 0) is 6.18 Å². The molecule has 2 aromatic rings. The van der Waals surface area contributed by atoms with E-state index in [2.05, 4.69) is 4.98 Å². The van der Waals surface area contributed by atoms with Crippen LogP contribution in [0.2, 0.25) is 5.02 Å². The summed E-state index contributed by atoms with van der Waals surface area (Å²) in [5.41, 5.74) is 5.73. The Morgan fingerprint density at radius 1 is 1.24 bits per heavy atom. The highest BCUT2D eigenvalue weighted by Gasteiger charge is 2.32. The Bertz CT molecular complexity index is 659. The van der Waals surface area contributed by atoms with Gasteiger partial charge in [-0.2, -0.15) is 13.2 Å². The molecule has 0 fully saturated rings. The predicted molar refractivity (Wildman–Crippen MR) is 79.3 cm³/mol. The molecular formula is C14H10ClF3N2S. The lowest BCUT2D eigenvalue weighted by Crippen LogP contribution is -2.22. The SMILES string of the molecule is NC(=S)[C@@H](c1ccccc1)c1ncc(C(F)(F)F)cc1Cl. The summed E-state index contributed by atoms with van der Waals surface area (Å²) in [7, 11) is 0. The minimum atomic E-state index is -4.50. The van der Waals surface area contributed by atoms with Crippen LogP contribution < -0.4 is 5.73 Å². The van der Waals surface area contributed by atoms with E-state index in [1.165, 1.54) is 0 Å². The average Bonchev–Trinajstić information content (AvgIpc) is 2.40. The van der Waals surface area contributed by atoms with Crippen molar-refractivity contribution in [1.82, 2.24) is 4.98 Å². The first kappa shape index (κ1) is 15.7. The number of hydrogen-bond donors (Lipinski definition) is 1. The molecule has 0 saturated heterocycles. The molecule has 1 aromatic carbocycles. The third kappa shape index (κ3) is 3.51. The first-order valence-corrected chi connectivity index (χ1v) is 6.66. The Kier molecular flexibility index (Phi) is 4.49. The van der Waals surface area contributed by atoms with E-state index in [9.17, 15) is 13.2 Å². The molecule has 1 heterocycles. The normalized spacial score (nSPS) is 13.0. The number of aromatic nitrogens is 1. The number of pyridine rings is 1. The van der Waals surface area contributed by atoms with Gasteiger partial charge in [0.25, 0.3) is 0 Å². The number of thiocarbonyl (C=S) groups is 1. The van der Waals surface area contributed by atoms with E-state index in [4.69, 9.17) is 29.6 Å². The van der Waals surface area contributed by atoms with Gasteiger partial charge in [0.15, 0.2) is 0 Å². The Morgan fingerprint density at radius 3 is 2.33 bits per heavy atom. The van der Waals surface area contributed by atoms with Crippen LogP contribution >= 0.6 is 23.8 Å². The van der Waals surface area contributed by atoms with Crippen molar-refractivity contribution in [2.24, 2.45) is 5.73 Å². The van der Waals surface area contributed by atoms with Crippen molar-refractivity contribution in [3.05, 3.63) is 64.4 Å². The second kappa shape index (κ2) is 5.99. The highest BCUT2D eigenvalue weighted by atomic mass is 35.5. The molecule has 0 aliphatic carbocycles. The van der Waals surface area contributed by atoms with Crippen LogP contribution in [0, 0.1) is 0 Å². The van der Waals surface area contributed by atoms with Gasteiger partial charge < -0.3 is 5.73 Å². The summed E-state index contributed by atoms with van der Waals surface area (Å²) in [6.07, 6.45) is -3.77. The molecule has 1 aromatic heterocycles. The zero-order valence-corrected chi connectivity index (χ0v) is 12.1. The molecule has 2 N–H and O–H groups in total. The van der Waals surface area contributed by atoms with Crippen LogP contribution in [0.3, 0.4) is 0 Å². The maximum atomic E-state index is 12.6. The van der Waals surface area contributed by atoms with Crippen LogP contribution in [0.4, 0.5) is 13.2 Å². The van der Waals surface area contributed by atoms with Crippen molar-refractivity contribution in [2.45, 2.75) is 12.1 Å². The van der Waals surface area contributed by atoms with Gasteiger partial charge in [0.2, 0.25) is 0 Å². The first-order chi connectivity index (χ1) is 9.80. The summed E-state index contributed by atoms with van der Waals surface area (Å²) < 4.78 is 37.9. The topological polar surface area (TPSA) is 38.9 Å². The highest BCUT2D eigenvalue weighted by molar-refractivity contribution is 7.80. The molecule has 0 radical (unpaired) electrons. The zero-order valence-electron chi connectivity index (χ0n) is 10.6. The molecule has 0 aliphatic rings. The molecule has 7 heteroatoms. The van der Waals surface area contributed by atoms with E-state index in [1.807, 2.05) is 6.07 Å². The Labute approximate surface area is 129 Å². The number of alkyl halides is 3. The smallest absolute Gasteiger partial charge is 0.392 e. The Morgan fingerprint density at radius 2 is 1.86 bits per heavy atom. The third-order valence-electron chi connectivity index (χ3n) is 2.89. The van der Waals surface area contributed by atoms with Gasteiger partial charge >= 0.3 is 6.18 Å². The molecule has 1 atom stereocenters. The lowest BCUT2D eigenvalue weighted by molar-refractivity contribution is -0.137. The first-order valence-electron chi connectivity index (χ1n) is 5.87. The second-order valence-corrected chi connectivity index (χ2v) is 5.21. The molecule has 110 valence electrons. The molecule has 0 bridgehead atoms. The number of rotatable bonds is 3. The van der Waals surface area contributed by atoms with Gasteiger partial charge in [-0.15, -0.1) is 0 Å². The number of nitrogens with two attached hydrogens (primary N) is 1. The molecule has 2 nitrogen and oxygen atoms in total.